The number of ketones is 1. The zero-order valence-electron chi connectivity index (χ0n) is 16.5. The number of pyridine rings is 1. The second-order valence-electron chi connectivity index (χ2n) is 7.34. The quantitative estimate of drug-likeness (QED) is 0.476. The van der Waals surface area contributed by atoms with Crippen molar-refractivity contribution in [2.75, 3.05) is 6.61 Å². The minimum absolute atomic E-state index is 0.00427. The maximum atomic E-state index is 12.9. The molecule has 8 nitrogen and oxygen atoms in total. The van der Waals surface area contributed by atoms with Gasteiger partial charge in [-0.05, 0) is 25.3 Å². The smallest absolute Gasteiger partial charge is 0.339 e. The van der Waals surface area contributed by atoms with Crippen molar-refractivity contribution in [2.24, 2.45) is 0 Å². The molecule has 30 heavy (non-hydrogen) atoms. The van der Waals surface area contributed by atoms with Crippen LogP contribution >= 0.6 is 0 Å². The van der Waals surface area contributed by atoms with Crippen molar-refractivity contribution in [3.8, 4) is 0 Å². The maximum absolute atomic E-state index is 12.9. The van der Waals surface area contributed by atoms with Gasteiger partial charge in [0.05, 0.1) is 10.9 Å². The zero-order valence-corrected chi connectivity index (χ0v) is 16.5. The van der Waals surface area contributed by atoms with Crippen LogP contribution in [0.1, 0.15) is 58.5 Å². The summed E-state index contributed by atoms with van der Waals surface area (Å²) in [5, 5.41) is 0.00427. The van der Waals surface area contributed by atoms with Gasteiger partial charge in [0.15, 0.2) is 18.0 Å². The van der Waals surface area contributed by atoms with Crippen LogP contribution in [0.15, 0.2) is 46.0 Å². The molecule has 0 amide bonds. The van der Waals surface area contributed by atoms with E-state index in [0.717, 1.165) is 12.8 Å². The van der Waals surface area contributed by atoms with Crippen LogP contribution in [0.4, 0.5) is 0 Å². The first-order valence-corrected chi connectivity index (χ1v) is 9.92. The molecule has 3 aromatic rings. The molecule has 0 unspecified atom stereocenters. The molecule has 1 saturated carbocycles. The highest BCUT2D eigenvalue weighted by atomic mass is 16.5. The number of fused-ring (bicyclic) bond motifs is 1. The lowest BCUT2D eigenvalue weighted by atomic mass is 10.1. The van der Waals surface area contributed by atoms with Crippen LogP contribution in [0.2, 0.25) is 0 Å². The Bertz CT molecular complexity index is 1240. The third-order valence-electron chi connectivity index (χ3n) is 5.06. The average Bonchev–Trinajstić information content (AvgIpc) is 3.60. The van der Waals surface area contributed by atoms with Crippen molar-refractivity contribution in [1.82, 2.24) is 14.5 Å². The lowest BCUT2D eigenvalue weighted by molar-refractivity contribution is 0.0476. The predicted molar refractivity (Wildman–Crippen MR) is 110 cm³/mol. The number of aromatic amines is 1. The van der Waals surface area contributed by atoms with Gasteiger partial charge < -0.3 is 4.74 Å². The number of hydrogen-bond donors (Lipinski definition) is 1. The van der Waals surface area contributed by atoms with Crippen LogP contribution in [0.5, 0.6) is 0 Å². The Morgan fingerprint density at radius 3 is 2.60 bits per heavy atom. The first-order valence-electron chi connectivity index (χ1n) is 9.92. The minimum Gasteiger partial charge on any atom is -0.454 e. The van der Waals surface area contributed by atoms with Crippen molar-refractivity contribution in [3.63, 3.8) is 0 Å². The highest BCUT2D eigenvalue weighted by Gasteiger charge is 2.29. The number of aromatic nitrogens is 3. The van der Waals surface area contributed by atoms with Gasteiger partial charge in [-0.3, -0.25) is 19.1 Å². The van der Waals surface area contributed by atoms with Gasteiger partial charge in [-0.25, -0.2) is 14.6 Å². The Balaban J connectivity index is 1.74. The monoisotopic (exact) mass is 407 g/mol. The van der Waals surface area contributed by atoms with Gasteiger partial charge in [-0.1, -0.05) is 37.3 Å². The molecule has 1 aromatic carbocycles. The topological polar surface area (TPSA) is 111 Å². The Hall–Kier alpha value is -3.55. The van der Waals surface area contributed by atoms with E-state index >= 15 is 0 Å². The van der Waals surface area contributed by atoms with E-state index in [4.69, 9.17) is 4.74 Å². The first kappa shape index (κ1) is 19.8. The van der Waals surface area contributed by atoms with Gasteiger partial charge in [0.1, 0.15) is 0 Å². The summed E-state index contributed by atoms with van der Waals surface area (Å²) in [6, 6.07) is 10.0. The SMILES string of the molecule is CCCn1c(=O)[nH]c(=O)c2c(C(=O)OCC(=O)c3ccccc3)cc(C3CC3)nc21. The van der Waals surface area contributed by atoms with Gasteiger partial charge in [-0.15, -0.1) is 0 Å². The third kappa shape index (κ3) is 3.80. The summed E-state index contributed by atoms with van der Waals surface area (Å²) in [5.74, 6) is -0.946. The summed E-state index contributed by atoms with van der Waals surface area (Å²) in [6.45, 7) is 1.81. The number of nitrogens with zero attached hydrogens (tertiary/aromatic N) is 2. The van der Waals surface area contributed by atoms with Crippen molar-refractivity contribution >= 4 is 22.8 Å². The molecule has 0 bridgehead atoms. The zero-order chi connectivity index (χ0) is 21.3. The number of esters is 1. The number of carbonyl (C=O) groups excluding carboxylic acids is 2. The molecular formula is C22H21N3O5. The number of ether oxygens (including phenoxy) is 1. The van der Waals surface area contributed by atoms with Crippen molar-refractivity contribution in [2.45, 2.75) is 38.6 Å². The highest BCUT2D eigenvalue weighted by molar-refractivity contribution is 6.04. The van der Waals surface area contributed by atoms with Crippen molar-refractivity contribution < 1.29 is 14.3 Å². The van der Waals surface area contributed by atoms with E-state index in [1.807, 2.05) is 6.92 Å². The fourth-order valence-corrected chi connectivity index (χ4v) is 3.39. The lowest BCUT2D eigenvalue weighted by Crippen LogP contribution is -2.32. The molecule has 0 radical (unpaired) electrons. The number of Topliss-reactive ketones (excluding diaryl/α,β-unsaturated/α-hetero) is 1. The average molecular weight is 407 g/mol. The minimum atomic E-state index is -0.791. The summed E-state index contributed by atoms with van der Waals surface area (Å²) < 4.78 is 6.61. The molecule has 0 atom stereocenters. The molecule has 1 aliphatic carbocycles. The van der Waals surface area contributed by atoms with E-state index in [-0.39, 0.29) is 28.3 Å². The van der Waals surface area contributed by atoms with Gasteiger partial charge in [-0.2, -0.15) is 0 Å². The Morgan fingerprint density at radius 2 is 1.93 bits per heavy atom. The second-order valence-corrected chi connectivity index (χ2v) is 7.34. The fourth-order valence-electron chi connectivity index (χ4n) is 3.39. The molecule has 2 aromatic heterocycles. The van der Waals surface area contributed by atoms with Crippen LogP contribution in [-0.2, 0) is 11.3 Å². The van der Waals surface area contributed by atoms with E-state index < -0.39 is 23.8 Å². The number of nitrogens with one attached hydrogen (secondary N) is 1. The molecule has 0 aliphatic heterocycles. The number of rotatable bonds is 7. The van der Waals surface area contributed by atoms with Gasteiger partial charge >= 0.3 is 11.7 Å². The summed E-state index contributed by atoms with van der Waals surface area (Å²) in [5.41, 5.74) is 0.0222. The van der Waals surface area contributed by atoms with Gasteiger partial charge in [0.2, 0.25) is 0 Å². The maximum Gasteiger partial charge on any atom is 0.339 e. The van der Waals surface area contributed by atoms with Crippen LogP contribution in [0, 0.1) is 0 Å². The first-order chi connectivity index (χ1) is 14.5. The normalized spacial score (nSPS) is 13.4. The molecule has 1 aliphatic rings. The molecule has 1 fully saturated rings. The number of hydrogen-bond acceptors (Lipinski definition) is 6. The number of carbonyl (C=O) groups is 2. The van der Waals surface area contributed by atoms with Crippen LogP contribution in [0.25, 0.3) is 11.0 Å². The number of aryl methyl sites for hydroxylation is 1. The largest absolute Gasteiger partial charge is 0.454 e. The van der Waals surface area contributed by atoms with E-state index in [0.29, 0.717) is 24.2 Å². The summed E-state index contributed by atoms with van der Waals surface area (Å²) in [6.07, 6.45) is 2.52. The molecular weight excluding hydrogens is 386 g/mol. The number of H-pyrrole nitrogens is 1. The highest BCUT2D eigenvalue weighted by Crippen LogP contribution is 2.40. The van der Waals surface area contributed by atoms with E-state index in [1.54, 1.807) is 36.4 Å². The van der Waals surface area contributed by atoms with Crippen molar-refractivity contribution in [1.29, 1.82) is 0 Å². The summed E-state index contributed by atoms with van der Waals surface area (Å²) in [7, 11) is 0. The molecule has 0 spiro atoms. The standard InChI is InChI=1S/C22H21N3O5/c1-2-10-25-19-18(20(27)24-22(25)29)15(11-16(23-19)13-8-9-13)21(28)30-12-17(26)14-6-4-3-5-7-14/h3-7,11,13H,2,8-10,12H2,1H3,(H,24,27,29). The third-order valence-corrected chi connectivity index (χ3v) is 5.06. The molecule has 154 valence electrons. The van der Waals surface area contributed by atoms with Crippen LogP contribution in [-0.4, -0.2) is 32.9 Å². The Kier molecular flexibility index (Phi) is 5.31. The predicted octanol–water partition coefficient (Wildman–Crippen LogP) is 2.41. The second kappa shape index (κ2) is 8.06. The molecule has 4 rings (SSSR count). The van der Waals surface area contributed by atoms with E-state index in [2.05, 4.69) is 9.97 Å². The molecule has 2 heterocycles. The fraction of sp³-hybridized carbons (Fsp3) is 0.318. The molecule has 0 saturated heterocycles. The number of benzene rings is 1. The van der Waals surface area contributed by atoms with Crippen molar-refractivity contribution in [3.05, 3.63) is 74.1 Å². The molecule has 1 N–H and O–H groups in total. The van der Waals surface area contributed by atoms with Gasteiger partial charge in [0, 0.05) is 23.7 Å². The van der Waals surface area contributed by atoms with E-state index in [1.165, 1.54) is 4.57 Å². The van der Waals surface area contributed by atoms with Crippen LogP contribution < -0.4 is 11.2 Å². The van der Waals surface area contributed by atoms with E-state index in [9.17, 15) is 19.2 Å². The summed E-state index contributed by atoms with van der Waals surface area (Å²) in [4.78, 5) is 56.8. The molecule has 8 heteroatoms. The Morgan fingerprint density at radius 1 is 1.20 bits per heavy atom. The summed E-state index contributed by atoms with van der Waals surface area (Å²) >= 11 is 0. The lowest BCUT2D eigenvalue weighted by Gasteiger charge is -2.12. The Labute approximate surface area is 171 Å². The van der Waals surface area contributed by atoms with Crippen LogP contribution in [0.3, 0.4) is 0 Å². The van der Waals surface area contributed by atoms with Gasteiger partial charge in [0.25, 0.3) is 5.56 Å².